The molecule has 0 saturated carbocycles. The summed E-state index contributed by atoms with van der Waals surface area (Å²) in [5.74, 6) is 0.297. The molecule has 2 rings (SSSR count). The molecule has 0 radical (unpaired) electrons. The zero-order chi connectivity index (χ0) is 14.5. The molecule has 1 heterocycles. The number of piperazine rings is 1. The van der Waals surface area contributed by atoms with E-state index < -0.39 is 0 Å². The van der Waals surface area contributed by atoms with Crippen molar-refractivity contribution in [3.63, 3.8) is 0 Å². The number of alkyl halides is 1. The lowest BCUT2D eigenvalue weighted by atomic mass is 10.1. The summed E-state index contributed by atoms with van der Waals surface area (Å²) in [6.45, 7) is 6.86. The molecule has 110 valence electrons. The number of halogens is 1. The summed E-state index contributed by atoms with van der Waals surface area (Å²) in [5.41, 5.74) is 1.65. The predicted molar refractivity (Wildman–Crippen MR) is 81.6 cm³/mol. The van der Waals surface area contributed by atoms with Gasteiger partial charge in [0.15, 0.2) is 0 Å². The molecule has 0 spiro atoms. The molecule has 1 fully saturated rings. The Morgan fingerprint density at radius 3 is 2.55 bits per heavy atom. The number of nitro groups is 1. The van der Waals surface area contributed by atoms with Gasteiger partial charge in [-0.15, -0.1) is 11.6 Å². The van der Waals surface area contributed by atoms with Gasteiger partial charge in [0.1, 0.15) is 5.69 Å². The second kappa shape index (κ2) is 6.90. The first-order valence-electron chi connectivity index (χ1n) is 6.96. The molecule has 1 aliphatic heterocycles. The van der Waals surface area contributed by atoms with E-state index in [1.807, 2.05) is 12.1 Å². The van der Waals surface area contributed by atoms with E-state index in [1.54, 1.807) is 6.07 Å². The van der Waals surface area contributed by atoms with Crippen molar-refractivity contribution in [1.29, 1.82) is 0 Å². The van der Waals surface area contributed by atoms with Crippen LogP contribution in [0.5, 0.6) is 0 Å². The van der Waals surface area contributed by atoms with Crippen LogP contribution in [0, 0.1) is 10.1 Å². The van der Waals surface area contributed by atoms with Gasteiger partial charge in [-0.2, -0.15) is 0 Å². The van der Waals surface area contributed by atoms with Crippen LogP contribution in [0.2, 0.25) is 0 Å². The second-order valence-electron chi connectivity index (χ2n) is 5.04. The summed E-state index contributed by atoms with van der Waals surface area (Å²) >= 11 is 5.75. The molecule has 0 N–H and O–H groups in total. The number of hydrogen-bond donors (Lipinski definition) is 0. The second-order valence-corrected chi connectivity index (χ2v) is 5.31. The summed E-state index contributed by atoms with van der Waals surface area (Å²) in [6, 6.07) is 5.28. The molecule has 6 heteroatoms. The van der Waals surface area contributed by atoms with Crippen molar-refractivity contribution in [2.75, 3.05) is 37.6 Å². The predicted octanol–water partition coefficient (Wildman–Crippen LogP) is 2.87. The van der Waals surface area contributed by atoms with E-state index in [2.05, 4.69) is 16.7 Å². The molecule has 1 aromatic rings. The van der Waals surface area contributed by atoms with Gasteiger partial charge in [-0.05, 0) is 24.6 Å². The summed E-state index contributed by atoms with van der Waals surface area (Å²) in [5, 5.41) is 11.2. The Balaban J connectivity index is 2.15. The lowest BCUT2D eigenvalue weighted by Crippen LogP contribution is -2.46. The van der Waals surface area contributed by atoms with Gasteiger partial charge >= 0.3 is 0 Å². The maximum absolute atomic E-state index is 11.2. The van der Waals surface area contributed by atoms with Crippen LogP contribution < -0.4 is 4.90 Å². The Labute approximate surface area is 124 Å². The fourth-order valence-electron chi connectivity index (χ4n) is 2.59. The molecule has 0 amide bonds. The van der Waals surface area contributed by atoms with Gasteiger partial charge in [0, 0.05) is 38.1 Å². The molecular weight excluding hydrogens is 278 g/mol. The highest BCUT2D eigenvalue weighted by Gasteiger charge is 2.23. The van der Waals surface area contributed by atoms with Gasteiger partial charge in [-0.3, -0.25) is 15.0 Å². The number of nitrogens with zero attached hydrogens (tertiary/aromatic N) is 3. The van der Waals surface area contributed by atoms with Gasteiger partial charge in [-0.1, -0.05) is 13.0 Å². The molecule has 0 aliphatic carbocycles. The summed E-state index contributed by atoms with van der Waals surface area (Å²) in [7, 11) is 0. The molecule has 1 saturated heterocycles. The van der Waals surface area contributed by atoms with Crippen molar-refractivity contribution in [2.24, 2.45) is 0 Å². The molecule has 0 atom stereocenters. The van der Waals surface area contributed by atoms with Crippen molar-refractivity contribution in [1.82, 2.24) is 4.90 Å². The molecule has 0 aromatic heterocycles. The fraction of sp³-hybridized carbons (Fsp3) is 0.571. The van der Waals surface area contributed by atoms with E-state index >= 15 is 0 Å². The highest BCUT2D eigenvalue weighted by atomic mass is 35.5. The van der Waals surface area contributed by atoms with Gasteiger partial charge < -0.3 is 4.90 Å². The first-order valence-corrected chi connectivity index (χ1v) is 7.49. The van der Waals surface area contributed by atoms with E-state index in [-0.39, 0.29) is 10.6 Å². The van der Waals surface area contributed by atoms with Crippen molar-refractivity contribution in [2.45, 2.75) is 19.2 Å². The third-order valence-corrected chi connectivity index (χ3v) is 3.95. The first kappa shape index (κ1) is 15.1. The summed E-state index contributed by atoms with van der Waals surface area (Å²) in [4.78, 5) is 15.4. The quantitative estimate of drug-likeness (QED) is 0.476. The molecule has 0 bridgehead atoms. The average molecular weight is 298 g/mol. The Morgan fingerprint density at radius 2 is 2.00 bits per heavy atom. The van der Waals surface area contributed by atoms with Crippen molar-refractivity contribution in [3.8, 4) is 0 Å². The van der Waals surface area contributed by atoms with Crippen molar-refractivity contribution >= 4 is 23.0 Å². The minimum atomic E-state index is -0.316. The number of hydrogen-bond acceptors (Lipinski definition) is 4. The summed E-state index contributed by atoms with van der Waals surface area (Å²) in [6.07, 6.45) is 1.14. The fourth-order valence-corrected chi connectivity index (χ4v) is 2.76. The number of benzene rings is 1. The largest absolute Gasteiger partial charge is 0.363 e. The Hall–Kier alpha value is -1.33. The molecule has 5 nitrogen and oxygen atoms in total. The van der Waals surface area contributed by atoms with Crippen molar-refractivity contribution in [3.05, 3.63) is 33.9 Å². The topological polar surface area (TPSA) is 49.6 Å². The van der Waals surface area contributed by atoms with Gasteiger partial charge in [0.2, 0.25) is 0 Å². The van der Waals surface area contributed by atoms with E-state index in [9.17, 15) is 10.1 Å². The van der Waals surface area contributed by atoms with Crippen LogP contribution in [-0.2, 0) is 5.88 Å². The maximum Gasteiger partial charge on any atom is 0.292 e. The smallest absolute Gasteiger partial charge is 0.292 e. The number of rotatable bonds is 5. The molecule has 1 aromatic carbocycles. The minimum Gasteiger partial charge on any atom is -0.363 e. The van der Waals surface area contributed by atoms with E-state index in [0.717, 1.165) is 44.7 Å². The van der Waals surface area contributed by atoms with Gasteiger partial charge in [0.25, 0.3) is 5.69 Å². The monoisotopic (exact) mass is 297 g/mol. The highest BCUT2D eigenvalue weighted by Crippen LogP contribution is 2.30. The first-order chi connectivity index (χ1) is 9.65. The Kier molecular flexibility index (Phi) is 5.20. The van der Waals surface area contributed by atoms with Crippen LogP contribution in [-0.4, -0.2) is 42.5 Å². The van der Waals surface area contributed by atoms with E-state index in [4.69, 9.17) is 11.6 Å². The SMILES string of the molecule is CCCN1CCN(c2ccc(CCl)cc2[N+](=O)[O-])CC1. The zero-order valence-corrected chi connectivity index (χ0v) is 12.5. The molecule has 1 aliphatic rings. The van der Waals surface area contributed by atoms with Crippen LogP contribution in [0.15, 0.2) is 18.2 Å². The summed E-state index contributed by atoms with van der Waals surface area (Å²) < 4.78 is 0. The third kappa shape index (κ3) is 3.41. The lowest BCUT2D eigenvalue weighted by molar-refractivity contribution is -0.384. The van der Waals surface area contributed by atoms with Crippen LogP contribution in [0.3, 0.4) is 0 Å². The van der Waals surface area contributed by atoms with Crippen LogP contribution in [0.25, 0.3) is 0 Å². The molecule has 0 unspecified atom stereocenters. The average Bonchev–Trinajstić information content (AvgIpc) is 2.48. The Morgan fingerprint density at radius 1 is 1.30 bits per heavy atom. The number of anilines is 1. The Bertz CT molecular complexity index is 473. The third-order valence-electron chi connectivity index (χ3n) is 3.64. The van der Waals surface area contributed by atoms with Gasteiger partial charge in [0.05, 0.1) is 4.92 Å². The molecular formula is C14H20ClN3O2. The van der Waals surface area contributed by atoms with Crippen molar-refractivity contribution < 1.29 is 4.92 Å². The van der Waals surface area contributed by atoms with Crippen LogP contribution >= 0.6 is 11.6 Å². The zero-order valence-electron chi connectivity index (χ0n) is 11.7. The van der Waals surface area contributed by atoms with Crippen LogP contribution in [0.4, 0.5) is 11.4 Å². The van der Waals surface area contributed by atoms with E-state index in [0.29, 0.717) is 11.6 Å². The number of nitro benzene ring substituents is 1. The van der Waals surface area contributed by atoms with E-state index in [1.165, 1.54) is 0 Å². The highest BCUT2D eigenvalue weighted by molar-refractivity contribution is 6.17. The standard InChI is InChI=1S/C14H20ClN3O2/c1-2-5-16-6-8-17(9-7-16)13-4-3-12(11-15)10-14(13)18(19)20/h3-4,10H,2,5-9,11H2,1H3. The minimum absolute atomic E-state index is 0.159. The normalized spacial score (nSPS) is 16.4. The molecule has 20 heavy (non-hydrogen) atoms. The van der Waals surface area contributed by atoms with Crippen LogP contribution in [0.1, 0.15) is 18.9 Å². The van der Waals surface area contributed by atoms with Gasteiger partial charge in [-0.25, -0.2) is 0 Å². The lowest BCUT2D eigenvalue weighted by Gasteiger charge is -2.35. The maximum atomic E-state index is 11.2.